The first kappa shape index (κ1) is 21.4. The molecule has 1 heterocycles. The third kappa shape index (κ3) is 4.47. The van der Waals surface area contributed by atoms with Gasteiger partial charge >= 0.3 is 0 Å². The highest BCUT2D eigenvalue weighted by Gasteiger charge is 2.39. The van der Waals surface area contributed by atoms with Crippen molar-refractivity contribution in [3.63, 3.8) is 0 Å². The molecule has 2 aliphatic rings. The van der Waals surface area contributed by atoms with Gasteiger partial charge in [0.2, 0.25) is 5.91 Å². The van der Waals surface area contributed by atoms with Gasteiger partial charge in [0.15, 0.2) is 5.78 Å². The van der Waals surface area contributed by atoms with Gasteiger partial charge in [0.05, 0.1) is 24.0 Å². The number of benzene rings is 2. The molecule has 31 heavy (non-hydrogen) atoms. The highest BCUT2D eigenvalue weighted by atomic mass is 35.5. The van der Waals surface area contributed by atoms with E-state index < -0.39 is 0 Å². The van der Waals surface area contributed by atoms with Crippen LogP contribution < -0.4 is 15.5 Å². The van der Waals surface area contributed by atoms with Crippen molar-refractivity contribution in [3.05, 3.63) is 70.4 Å². The number of nitrogens with one attached hydrogen (secondary N) is 2. The number of allylic oxidation sites excluding steroid dienone is 1. The van der Waals surface area contributed by atoms with Crippen molar-refractivity contribution in [1.29, 1.82) is 0 Å². The Bertz CT molecular complexity index is 1060. The predicted molar refractivity (Wildman–Crippen MR) is 125 cm³/mol. The fourth-order valence-corrected chi connectivity index (χ4v) is 4.76. The van der Waals surface area contributed by atoms with Crippen LogP contribution in [0.3, 0.4) is 0 Å². The van der Waals surface area contributed by atoms with E-state index in [1.54, 1.807) is 0 Å². The van der Waals surface area contributed by atoms with E-state index in [0.29, 0.717) is 18.0 Å². The highest BCUT2D eigenvalue weighted by Crippen LogP contribution is 2.43. The van der Waals surface area contributed by atoms with Gasteiger partial charge in [-0.25, -0.2) is 0 Å². The summed E-state index contributed by atoms with van der Waals surface area (Å²) in [6.45, 7) is 6.77. The lowest BCUT2D eigenvalue weighted by Gasteiger charge is -2.36. The molecule has 1 aliphatic heterocycles. The third-order valence-corrected chi connectivity index (χ3v) is 6.42. The van der Waals surface area contributed by atoms with Crippen molar-refractivity contribution in [3.8, 4) is 0 Å². The Morgan fingerprint density at radius 1 is 1.16 bits per heavy atom. The SMILES string of the molecule is CC1C2=C(CC(C)(C)CC2=O)Nc2ccccc2N1CC(=O)NCc1ccccc1Cl. The van der Waals surface area contributed by atoms with Crippen LogP contribution in [0.15, 0.2) is 59.8 Å². The number of anilines is 2. The fourth-order valence-electron chi connectivity index (χ4n) is 4.56. The maximum atomic E-state index is 13.1. The topological polar surface area (TPSA) is 61.4 Å². The van der Waals surface area contributed by atoms with Crippen LogP contribution in [0.25, 0.3) is 0 Å². The minimum atomic E-state index is -0.208. The van der Waals surface area contributed by atoms with Crippen LogP contribution in [0.5, 0.6) is 0 Å². The number of Topliss-reactive ketones (excluding diaryl/α,β-unsaturated/α-hetero) is 1. The summed E-state index contributed by atoms with van der Waals surface area (Å²) in [4.78, 5) is 28.0. The van der Waals surface area contributed by atoms with Crippen molar-refractivity contribution in [2.75, 3.05) is 16.8 Å². The van der Waals surface area contributed by atoms with E-state index in [-0.39, 0.29) is 29.7 Å². The third-order valence-electron chi connectivity index (χ3n) is 6.05. The number of hydrogen-bond donors (Lipinski definition) is 2. The molecule has 2 aromatic rings. The summed E-state index contributed by atoms with van der Waals surface area (Å²) in [5.74, 6) is 0.0368. The lowest BCUT2D eigenvalue weighted by Crippen LogP contribution is -2.44. The second-order valence-electron chi connectivity index (χ2n) is 9.15. The Labute approximate surface area is 188 Å². The zero-order valence-electron chi connectivity index (χ0n) is 18.2. The standard InChI is InChI=1S/C25H28ClN3O2/c1-16-24-20(12-25(2,3)13-22(24)30)28-19-10-6-7-11-21(19)29(16)15-23(31)27-14-17-8-4-5-9-18(17)26/h4-11,16,28H,12-15H2,1-3H3,(H,27,31). The van der Waals surface area contributed by atoms with Gasteiger partial charge in [-0.3, -0.25) is 9.59 Å². The van der Waals surface area contributed by atoms with Crippen LogP contribution >= 0.6 is 11.6 Å². The summed E-state index contributed by atoms with van der Waals surface area (Å²) in [6.07, 6.45) is 1.32. The molecule has 1 aliphatic carbocycles. The minimum Gasteiger partial charge on any atom is -0.357 e. The molecule has 4 rings (SSSR count). The zero-order chi connectivity index (χ0) is 22.2. The fraction of sp³-hybridized carbons (Fsp3) is 0.360. The number of amides is 1. The van der Waals surface area contributed by atoms with Gasteiger partial charge in [-0.15, -0.1) is 0 Å². The van der Waals surface area contributed by atoms with Crippen molar-refractivity contribution in [2.45, 2.75) is 46.2 Å². The van der Waals surface area contributed by atoms with Gasteiger partial charge < -0.3 is 15.5 Å². The van der Waals surface area contributed by atoms with E-state index >= 15 is 0 Å². The highest BCUT2D eigenvalue weighted by molar-refractivity contribution is 6.31. The Kier molecular flexibility index (Phi) is 5.80. The van der Waals surface area contributed by atoms with Gasteiger partial charge in [-0.2, -0.15) is 0 Å². The average molecular weight is 438 g/mol. The second kappa shape index (κ2) is 8.39. The van der Waals surface area contributed by atoms with Crippen LogP contribution in [0.4, 0.5) is 11.4 Å². The molecule has 0 saturated carbocycles. The van der Waals surface area contributed by atoms with Crippen LogP contribution in [0, 0.1) is 5.41 Å². The molecule has 1 unspecified atom stereocenters. The Morgan fingerprint density at radius 3 is 2.65 bits per heavy atom. The summed E-state index contributed by atoms with van der Waals surface area (Å²) in [5.41, 5.74) is 4.39. The van der Waals surface area contributed by atoms with Gasteiger partial charge in [0, 0.05) is 29.3 Å². The first-order valence-corrected chi connectivity index (χ1v) is 11.0. The monoisotopic (exact) mass is 437 g/mol. The summed E-state index contributed by atoms with van der Waals surface area (Å²) in [7, 11) is 0. The maximum Gasteiger partial charge on any atom is 0.239 e. The van der Waals surface area contributed by atoms with Crippen molar-refractivity contribution >= 4 is 34.7 Å². The molecule has 0 aromatic heterocycles. The van der Waals surface area contributed by atoms with Crippen LogP contribution in [-0.2, 0) is 16.1 Å². The molecule has 0 bridgehead atoms. The van der Waals surface area contributed by atoms with Crippen molar-refractivity contribution < 1.29 is 9.59 Å². The van der Waals surface area contributed by atoms with E-state index in [4.69, 9.17) is 11.6 Å². The van der Waals surface area contributed by atoms with Gasteiger partial charge in [0.25, 0.3) is 0 Å². The zero-order valence-corrected chi connectivity index (χ0v) is 18.9. The Balaban J connectivity index is 1.60. The Morgan fingerprint density at radius 2 is 1.87 bits per heavy atom. The number of para-hydroxylation sites is 2. The molecule has 162 valence electrons. The molecular formula is C25H28ClN3O2. The van der Waals surface area contributed by atoms with Crippen molar-refractivity contribution in [1.82, 2.24) is 5.32 Å². The van der Waals surface area contributed by atoms with Crippen molar-refractivity contribution in [2.24, 2.45) is 5.41 Å². The molecule has 6 heteroatoms. The van der Waals surface area contributed by atoms with E-state index in [1.165, 1.54) is 0 Å². The van der Waals surface area contributed by atoms with Gasteiger partial charge in [-0.1, -0.05) is 55.8 Å². The number of fused-ring (bicyclic) bond motifs is 1. The molecule has 0 spiro atoms. The first-order valence-electron chi connectivity index (χ1n) is 10.6. The molecule has 1 atom stereocenters. The second-order valence-corrected chi connectivity index (χ2v) is 9.55. The Hall–Kier alpha value is -2.79. The summed E-state index contributed by atoms with van der Waals surface area (Å²) >= 11 is 6.21. The number of halogens is 1. The van der Waals surface area contributed by atoms with Crippen LogP contribution in [0.1, 0.15) is 39.2 Å². The molecular weight excluding hydrogens is 410 g/mol. The summed E-state index contributed by atoms with van der Waals surface area (Å²) < 4.78 is 0. The van der Waals surface area contributed by atoms with E-state index in [0.717, 1.165) is 34.6 Å². The van der Waals surface area contributed by atoms with E-state index in [9.17, 15) is 9.59 Å². The first-order chi connectivity index (χ1) is 14.7. The average Bonchev–Trinajstić information content (AvgIpc) is 2.81. The van der Waals surface area contributed by atoms with E-state index in [2.05, 4.69) is 24.5 Å². The molecule has 0 saturated heterocycles. The lowest BCUT2D eigenvalue weighted by atomic mass is 9.74. The molecule has 1 amide bonds. The number of rotatable bonds is 4. The lowest BCUT2D eigenvalue weighted by molar-refractivity contribution is -0.120. The summed E-state index contributed by atoms with van der Waals surface area (Å²) in [5, 5.41) is 7.11. The molecule has 2 N–H and O–H groups in total. The largest absolute Gasteiger partial charge is 0.357 e. The molecule has 0 radical (unpaired) electrons. The van der Waals surface area contributed by atoms with Gasteiger partial charge in [-0.05, 0) is 42.5 Å². The number of carbonyl (C=O) groups is 2. The quantitative estimate of drug-likeness (QED) is 0.712. The minimum absolute atomic E-state index is 0.0842. The normalized spacial score (nSPS) is 19.8. The van der Waals surface area contributed by atoms with Crippen LogP contribution in [-0.4, -0.2) is 24.3 Å². The van der Waals surface area contributed by atoms with E-state index in [1.807, 2.05) is 60.4 Å². The molecule has 2 aromatic carbocycles. The number of hydrogen-bond acceptors (Lipinski definition) is 4. The smallest absolute Gasteiger partial charge is 0.239 e. The number of ketones is 1. The number of nitrogens with zero attached hydrogens (tertiary/aromatic N) is 1. The molecule has 5 nitrogen and oxygen atoms in total. The maximum absolute atomic E-state index is 13.1. The van der Waals surface area contributed by atoms with Gasteiger partial charge in [0.1, 0.15) is 0 Å². The molecule has 0 fully saturated rings. The number of carbonyl (C=O) groups excluding carboxylic acids is 2. The summed E-state index contributed by atoms with van der Waals surface area (Å²) in [6, 6.07) is 15.2. The van der Waals surface area contributed by atoms with Crippen LogP contribution in [0.2, 0.25) is 5.02 Å². The predicted octanol–water partition coefficient (Wildman–Crippen LogP) is 4.92.